The summed E-state index contributed by atoms with van der Waals surface area (Å²) in [7, 11) is 0. The van der Waals surface area contributed by atoms with Crippen LogP contribution in [0.3, 0.4) is 0 Å². The molecule has 2 N–H and O–H groups in total. The highest BCUT2D eigenvalue weighted by Gasteiger charge is 2.19. The van der Waals surface area contributed by atoms with Crippen molar-refractivity contribution in [1.82, 2.24) is 0 Å². The summed E-state index contributed by atoms with van der Waals surface area (Å²) in [6.45, 7) is 1.83. The van der Waals surface area contributed by atoms with Crippen LogP contribution in [-0.2, 0) is 9.53 Å². The van der Waals surface area contributed by atoms with Crippen LogP contribution in [0.1, 0.15) is 24.9 Å². The van der Waals surface area contributed by atoms with E-state index in [1.165, 1.54) is 0 Å². The Morgan fingerprint density at radius 3 is 2.74 bits per heavy atom. The molecule has 0 saturated heterocycles. The van der Waals surface area contributed by atoms with E-state index >= 15 is 0 Å². The van der Waals surface area contributed by atoms with E-state index in [9.17, 15) is 19.3 Å². The number of esters is 1. The number of nitrogens with two attached hydrogens (primary N) is 1. The van der Waals surface area contributed by atoms with Crippen molar-refractivity contribution < 1.29 is 18.8 Å². The number of rotatable bonds is 5. The summed E-state index contributed by atoms with van der Waals surface area (Å²) in [6.07, 6.45) is -0.230. The Hall–Kier alpha value is -1.73. The predicted octanol–water partition coefficient (Wildman–Crippen LogP) is 2.11. The van der Waals surface area contributed by atoms with Crippen molar-refractivity contribution in [3.05, 3.63) is 39.7 Å². The average molecular weight is 293 g/mol. The summed E-state index contributed by atoms with van der Waals surface area (Å²) < 4.78 is 18.1. The van der Waals surface area contributed by atoms with Crippen LogP contribution in [0.15, 0.2) is 18.2 Å². The van der Waals surface area contributed by atoms with Gasteiger partial charge in [-0.3, -0.25) is 14.9 Å². The fraction of sp³-hybridized carbons (Fsp3) is 0.364. The molecule has 6 nitrogen and oxygen atoms in total. The first-order chi connectivity index (χ1) is 8.45. The lowest BCUT2D eigenvalue weighted by Crippen LogP contribution is -2.18. The van der Waals surface area contributed by atoms with Gasteiger partial charge in [0.25, 0.3) is 5.69 Å². The third-order valence-corrected chi connectivity index (χ3v) is 2.28. The predicted molar refractivity (Wildman–Crippen MR) is 68.5 cm³/mol. The number of non-ortho nitro benzene ring substituents is 1. The SMILES string of the molecule is CCOC(=O)C[C@@H](N)c1cc([N+](=O)[O-])ccc1F.Cl. The number of hydrogen-bond acceptors (Lipinski definition) is 5. The van der Waals surface area contributed by atoms with Crippen LogP contribution in [0.25, 0.3) is 0 Å². The highest BCUT2D eigenvalue weighted by Crippen LogP contribution is 2.23. The normalized spacial score (nSPS) is 11.3. The van der Waals surface area contributed by atoms with Crippen LogP contribution in [0.4, 0.5) is 10.1 Å². The van der Waals surface area contributed by atoms with Gasteiger partial charge in [0.15, 0.2) is 0 Å². The molecule has 0 radical (unpaired) electrons. The van der Waals surface area contributed by atoms with Crippen molar-refractivity contribution in [3.8, 4) is 0 Å². The topological polar surface area (TPSA) is 95.5 Å². The van der Waals surface area contributed by atoms with E-state index in [-0.39, 0.29) is 36.7 Å². The maximum atomic E-state index is 13.5. The number of nitro benzene ring substituents is 1. The molecule has 0 fully saturated rings. The van der Waals surface area contributed by atoms with Gasteiger partial charge in [-0.15, -0.1) is 12.4 Å². The molecule has 106 valence electrons. The molecule has 0 heterocycles. The van der Waals surface area contributed by atoms with Crippen molar-refractivity contribution in [2.45, 2.75) is 19.4 Å². The monoisotopic (exact) mass is 292 g/mol. The van der Waals surface area contributed by atoms with Gasteiger partial charge in [0, 0.05) is 23.7 Å². The largest absolute Gasteiger partial charge is 0.466 e. The Morgan fingerprint density at radius 2 is 2.21 bits per heavy atom. The number of carbonyl (C=O) groups excluding carboxylic acids is 1. The van der Waals surface area contributed by atoms with Crippen molar-refractivity contribution >= 4 is 24.1 Å². The maximum absolute atomic E-state index is 13.5. The van der Waals surface area contributed by atoms with Crippen molar-refractivity contribution in [2.24, 2.45) is 5.73 Å². The summed E-state index contributed by atoms with van der Waals surface area (Å²) in [6, 6.07) is 2.05. The minimum Gasteiger partial charge on any atom is -0.466 e. The second-order valence-corrected chi connectivity index (χ2v) is 3.58. The Kier molecular flexibility index (Phi) is 6.95. The molecule has 0 aliphatic heterocycles. The molecule has 0 aliphatic carbocycles. The fourth-order valence-corrected chi connectivity index (χ4v) is 1.44. The minimum atomic E-state index is -0.969. The van der Waals surface area contributed by atoms with Crippen molar-refractivity contribution in [2.75, 3.05) is 6.61 Å². The van der Waals surface area contributed by atoms with E-state index in [1.807, 2.05) is 0 Å². The maximum Gasteiger partial charge on any atom is 0.307 e. The first-order valence-electron chi connectivity index (χ1n) is 5.30. The Balaban J connectivity index is 0.00000324. The lowest BCUT2D eigenvalue weighted by atomic mass is 10.0. The Morgan fingerprint density at radius 1 is 1.58 bits per heavy atom. The van der Waals surface area contributed by atoms with Gasteiger partial charge >= 0.3 is 5.97 Å². The van der Waals surface area contributed by atoms with E-state index in [1.54, 1.807) is 6.92 Å². The van der Waals surface area contributed by atoms with E-state index in [4.69, 9.17) is 5.73 Å². The number of benzene rings is 1. The average Bonchev–Trinajstić information content (AvgIpc) is 2.29. The third kappa shape index (κ3) is 4.80. The molecule has 0 amide bonds. The Labute approximate surface area is 115 Å². The second kappa shape index (κ2) is 7.65. The van der Waals surface area contributed by atoms with E-state index < -0.39 is 22.8 Å². The lowest BCUT2D eigenvalue weighted by Gasteiger charge is -2.11. The van der Waals surface area contributed by atoms with Gasteiger partial charge in [0.1, 0.15) is 5.82 Å². The summed E-state index contributed by atoms with van der Waals surface area (Å²) in [5.41, 5.74) is 5.29. The number of ether oxygens (including phenoxy) is 1. The van der Waals surface area contributed by atoms with Crippen LogP contribution in [0, 0.1) is 15.9 Å². The first kappa shape index (κ1) is 17.3. The van der Waals surface area contributed by atoms with Crippen molar-refractivity contribution in [1.29, 1.82) is 0 Å². The smallest absolute Gasteiger partial charge is 0.307 e. The Bertz CT molecular complexity index is 470. The number of nitro groups is 1. The molecule has 0 bridgehead atoms. The van der Waals surface area contributed by atoms with Crippen LogP contribution in [-0.4, -0.2) is 17.5 Å². The summed E-state index contributed by atoms with van der Waals surface area (Å²) in [4.78, 5) is 21.1. The summed E-state index contributed by atoms with van der Waals surface area (Å²) in [5, 5.41) is 10.6. The molecule has 1 aromatic carbocycles. The molecule has 0 aromatic heterocycles. The van der Waals surface area contributed by atoms with Gasteiger partial charge in [0.2, 0.25) is 0 Å². The number of nitrogens with zero attached hydrogens (tertiary/aromatic N) is 1. The summed E-state index contributed by atoms with van der Waals surface area (Å²) in [5.74, 6) is -1.26. The zero-order valence-electron chi connectivity index (χ0n) is 10.2. The molecule has 0 saturated carbocycles. The molecule has 8 heteroatoms. The highest BCUT2D eigenvalue weighted by atomic mass is 35.5. The quantitative estimate of drug-likeness (QED) is 0.509. The lowest BCUT2D eigenvalue weighted by molar-refractivity contribution is -0.385. The van der Waals surface area contributed by atoms with Crippen molar-refractivity contribution in [3.63, 3.8) is 0 Å². The molecule has 19 heavy (non-hydrogen) atoms. The standard InChI is InChI=1S/C11H13FN2O4.ClH/c1-2-18-11(15)6-10(13)8-5-7(14(16)17)3-4-9(8)12;/h3-5,10H,2,6,13H2,1H3;1H/t10-;/m1./s1. The molecule has 0 unspecified atom stereocenters. The molecule has 0 aliphatic rings. The third-order valence-electron chi connectivity index (χ3n) is 2.28. The fourth-order valence-electron chi connectivity index (χ4n) is 1.44. The van der Waals surface area contributed by atoms with E-state index in [2.05, 4.69) is 4.74 Å². The van der Waals surface area contributed by atoms with Gasteiger partial charge < -0.3 is 10.5 Å². The first-order valence-corrected chi connectivity index (χ1v) is 5.30. The van der Waals surface area contributed by atoms with Gasteiger partial charge in [-0.2, -0.15) is 0 Å². The second-order valence-electron chi connectivity index (χ2n) is 3.58. The van der Waals surface area contributed by atoms with Gasteiger partial charge in [-0.25, -0.2) is 4.39 Å². The van der Waals surface area contributed by atoms with E-state index in [0.29, 0.717) is 0 Å². The molecule has 1 atom stereocenters. The van der Waals surface area contributed by atoms with Gasteiger partial charge in [0.05, 0.1) is 18.0 Å². The molecule has 0 spiro atoms. The number of halogens is 2. The minimum absolute atomic E-state index is 0. The summed E-state index contributed by atoms with van der Waals surface area (Å²) >= 11 is 0. The molecule has 1 aromatic rings. The zero-order valence-corrected chi connectivity index (χ0v) is 11.0. The van der Waals surface area contributed by atoms with E-state index in [0.717, 1.165) is 18.2 Å². The molecular weight excluding hydrogens is 279 g/mol. The van der Waals surface area contributed by atoms with Crippen LogP contribution >= 0.6 is 12.4 Å². The molecular formula is C11H14ClFN2O4. The highest BCUT2D eigenvalue weighted by molar-refractivity contribution is 5.85. The van der Waals surface area contributed by atoms with Gasteiger partial charge in [-0.1, -0.05) is 0 Å². The number of hydrogen-bond donors (Lipinski definition) is 1. The molecule has 1 rings (SSSR count). The number of carbonyl (C=O) groups is 1. The van der Waals surface area contributed by atoms with Gasteiger partial charge in [-0.05, 0) is 13.0 Å². The van der Waals surface area contributed by atoms with Crippen LogP contribution in [0.5, 0.6) is 0 Å². The van der Waals surface area contributed by atoms with Crippen LogP contribution < -0.4 is 5.73 Å². The van der Waals surface area contributed by atoms with Crippen LogP contribution in [0.2, 0.25) is 0 Å². The zero-order chi connectivity index (χ0) is 13.7.